The maximum atomic E-state index is 8.96. The van der Waals surface area contributed by atoms with Crippen LogP contribution in [0.1, 0.15) is 30.2 Å². The molecular formula is C11H15N3. The average Bonchev–Trinajstić information content (AvgIpc) is 2.14. The minimum Gasteiger partial charge on any atom is -0.369 e. The molecule has 0 saturated heterocycles. The van der Waals surface area contributed by atoms with Crippen molar-refractivity contribution in [1.82, 2.24) is 4.98 Å². The van der Waals surface area contributed by atoms with E-state index in [1.807, 2.05) is 19.9 Å². The van der Waals surface area contributed by atoms with Crippen molar-refractivity contribution in [3.8, 4) is 6.07 Å². The maximum absolute atomic E-state index is 8.96. The van der Waals surface area contributed by atoms with Crippen LogP contribution in [0.15, 0.2) is 6.07 Å². The van der Waals surface area contributed by atoms with Crippen LogP contribution < -0.4 is 5.32 Å². The summed E-state index contributed by atoms with van der Waals surface area (Å²) in [7, 11) is 0. The Morgan fingerprint density at radius 2 is 2.21 bits per heavy atom. The molecule has 0 atom stereocenters. The number of rotatable bonds is 3. The van der Waals surface area contributed by atoms with Gasteiger partial charge in [0.2, 0.25) is 0 Å². The SMILES string of the molecule is CCCNc1nc(C)cc(C)c1C#N. The van der Waals surface area contributed by atoms with Gasteiger partial charge in [0, 0.05) is 12.2 Å². The van der Waals surface area contributed by atoms with E-state index in [0.29, 0.717) is 11.4 Å². The maximum Gasteiger partial charge on any atom is 0.144 e. The third-order valence-electron chi connectivity index (χ3n) is 2.00. The molecule has 0 unspecified atom stereocenters. The highest BCUT2D eigenvalue weighted by Crippen LogP contribution is 2.17. The monoisotopic (exact) mass is 189 g/mol. The standard InChI is InChI=1S/C11H15N3/c1-4-5-13-11-10(7-12)8(2)6-9(3)14-11/h6H,4-5H2,1-3H3,(H,13,14). The molecule has 0 fully saturated rings. The van der Waals surface area contributed by atoms with Gasteiger partial charge in [-0.2, -0.15) is 5.26 Å². The second kappa shape index (κ2) is 4.61. The van der Waals surface area contributed by atoms with Gasteiger partial charge in [-0.25, -0.2) is 4.98 Å². The number of nitrogens with zero attached hydrogens (tertiary/aromatic N) is 2. The Bertz CT molecular complexity index is 364. The molecule has 1 rings (SSSR count). The minimum absolute atomic E-state index is 0.657. The zero-order valence-electron chi connectivity index (χ0n) is 8.89. The van der Waals surface area contributed by atoms with Crippen molar-refractivity contribution in [3.05, 3.63) is 22.9 Å². The summed E-state index contributed by atoms with van der Waals surface area (Å²) < 4.78 is 0. The second-order valence-electron chi connectivity index (χ2n) is 3.34. The lowest BCUT2D eigenvalue weighted by Gasteiger charge is -2.08. The van der Waals surface area contributed by atoms with Gasteiger partial charge in [0.1, 0.15) is 11.9 Å². The van der Waals surface area contributed by atoms with E-state index in [1.165, 1.54) is 0 Å². The number of pyridine rings is 1. The molecule has 1 aromatic heterocycles. The highest BCUT2D eigenvalue weighted by atomic mass is 15.0. The number of hydrogen-bond donors (Lipinski definition) is 1. The van der Waals surface area contributed by atoms with Crippen LogP contribution in [0.3, 0.4) is 0 Å². The van der Waals surface area contributed by atoms with E-state index in [0.717, 1.165) is 24.2 Å². The largest absolute Gasteiger partial charge is 0.369 e. The number of nitrogens with one attached hydrogen (secondary N) is 1. The van der Waals surface area contributed by atoms with E-state index >= 15 is 0 Å². The van der Waals surface area contributed by atoms with Gasteiger partial charge < -0.3 is 5.32 Å². The molecule has 74 valence electrons. The van der Waals surface area contributed by atoms with E-state index in [4.69, 9.17) is 5.26 Å². The summed E-state index contributed by atoms with van der Waals surface area (Å²) in [6, 6.07) is 4.10. The molecule has 0 bridgehead atoms. The van der Waals surface area contributed by atoms with E-state index in [-0.39, 0.29) is 0 Å². The minimum atomic E-state index is 0.657. The summed E-state index contributed by atoms with van der Waals surface area (Å²) in [4.78, 5) is 4.31. The van der Waals surface area contributed by atoms with Crippen LogP contribution in [0.2, 0.25) is 0 Å². The summed E-state index contributed by atoms with van der Waals surface area (Å²) in [6.07, 6.45) is 1.03. The van der Waals surface area contributed by atoms with Gasteiger partial charge in [0.25, 0.3) is 0 Å². The van der Waals surface area contributed by atoms with Gasteiger partial charge in [-0.1, -0.05) is 6.92 Å². The number of hydrogen-bond acceptors (Lipinski definition) is 3. The molecule has 1 heterocycles. The second-order valence-corrected chi connectivity index (χ2v) is 3.34. The third-order valence-corrected chi connectivity index (χ3v) is 2.00. The number of anilines is 1. The first-order chi connectivity index (χ1) is 6.69. The van der Waals surface area contributed by atoms with E-state index in [1.54, 1.807) is 0 Å². The molecule has 0 spiro atoms. The van der Waals surface area contributed by atoms with Crippen LogP contribution in [0, 0.1) is 25.2 Å². The van der Waals surface area contributed by atoms with Crippen LogP contribution in [0.5, 0.6) is 0 Å². The van der Waals surface area contributed by atoms with Gasteiger partial charge in [-0.05, 0) is 31.9 Å². The lowest BCUT2D eigenvalue weighted by atomic mass is 10.1. The highest BCUT2D eigenvalue weighted by Gasteiger charge is 2.06. The van der Waals surface area contributed by atoms with Crippen molar-refractivity contribution in [2.75, 3.05) is 11.9 Å². The zero-order valence-corrected chi connectivity index (χ0v) is 8.89. The first-order valence-corrected chi connectivity index (χ1v) is 4.81. The Morgan fingerprint density at radius 1 is 1.50 bits per heavy atom. The Labute approximate surface area is 84.8 Å². The smallest absolute Gasteiger partial charge is 0.144 e. The van der Waals surface area contributed by atoms with Crippen molar-refractivity contribution in [2.24, 2.45) is 0 Å². The molecule has 0 aromatic carbocycles. The molecule has 0 saturated carbocycles. The normalized spacial score (nSPS) is 9.57. The van der Waals surface area contributed by atoms with Crippen molar-refractivity contribution < 1.29 is 0 Å². The van der Waals surface area contributed by atoms with Crippen LogP contribution in [0.4, 0.5) is 5.82 Å². The molecule has 3 nitrogen and oxygen atoms in total. The predicted molar refractivity (Wildman–Crippen MR) is 57.2 cm³/mol. The van der Waals surface area contributed by atoms with E-state index in [9.17, 15) is 0 Å². The Kier molecular flexibility index (Phi) is 3.47. The summed E-state index contributed by atoms with van der Waals surface area (Å²) in [5.41, 5.74) is 2.59. The molecule has 14 heavy (non-hydrogen) atoms. The molecule has 0 aliphatic heterocycles. The Hall–Kier alpha value is -1.56. The molecule has 1 N–H and O–H groups in total. The predicted octanol–water partition coefficient (Wildman–Crippen LogP) is 2.39. The van der Waals surface area contributed by atoms with E-state index in [2.05, 4.69) is 23.3 Å². The average molecular weight is 189 g/mol. The van der Waals surface area contributed by atoms with Crippen LogP contribution in [-0.4, -0.2) is 11.5 Å². The first kappa shape index (κ1) is 10.5. The quantitative estimate of drug-likeness (QED) is 0.794. The lowest BCUT2D eigenvalue weighted by Crippen LogP contribution is -2.06. The molecule has 0 amide bonds. The van der Waals surface area contributed by atoms with Crippen molar-refractivity contribution in [3.63, 3.8) is 0 Å². The Morgan fingerprint density at radius 3 is 2.79 bits per heavy atom. The fraction of sp³-hybridized carbons (Fsp3) is 0.455. The number of aromatic nitrogens is 1. The van der Waals surface area contributed by atoms with Crippen molar-refractivity contribution in [1.29, 1.82) is 5.26 Å². The fourth-order valence-electron chi connectivity index (χ4n) is 1.35. The van der Waals surface area contributed by atoms with Crippen molar-refractivity contribution >= 4 is 5.82 Å². The van der Waals surface area contributed by atoms with Gasteiger partial charge in [0.05, 0.1) is 5.56 Å². The summed E-state index contributed by atoms with van der Waals surface area (Å²) >= 11 is 0. The number of nitriles is 1. The van der Waals surface area contributed by atoms with Gasteiger partial charge in [-0.3, -0.25) is 0 Å². The highest BCUT2D eigenvalue weighted by molar-refractivity contribution is 5.56. The van der Waals surface area contributed by atoms with Crippen LogP contribution in [0.25, 0.3) is 0 Å². The summed E-state index contributed by atoms with van der Waals surface area (Å²) in [5.74, 6) is 0.715. The van der Waals surface area contributed by atoms with E-state index < -0.39 is 0 Å². The van der Waals surface area contributed by atoms with Crippen LogP contribution >= 0.6 is 0 Å². The topological polar surface area (TPSA) is 48.7 Å². The van der Waals surface area contributed by atoms with Gasteiger partial charge in [-0.15, -0.1) is 0 Å². The lowest BCUT2D eigenvalue weighted by molar-refractivity contribution is 0.962. The molecular weight excluding hydrogens is 174 g/mol. The molecule has 0 aliphatic rings. The zero-order chi connectivity index (χ0) is 10.6. The Balaban J connectivity index is 3.07. The van der Waals surface area contributed by atoms with Crippen LogP contribution in [-0.2, 0) is 0 Å². The summed E-state index contributed by atoms with van der Waals surface area (Å²) in [5, 5.41) is 12.1. The van der Waals surface area contributed by atoms with Crippen molar-refractivity contribution in [2.45, 2.75) is 27.2 Å². The molecule has 1 aromatic rings. The van der Waals surface area contributed by atoms with Gasteiger partial charge >= 0.3 is 0 Å². The third kappa shape index (κ3) is 2.23. The fourth-order valence-corrected chi connectivity index (χ4v) is 1.35. The number of aryl methyl sites for hydroxylation is 2. The molecule has 0 radical (unpaired) electrons. The molecule has 0 aliphatic carbocycles. The first-order valence-electron chi connectivity index (χ1n) is 4.81. The van der Waals surface area contributed by atoms with Gasteiger partial charge in [0.15, 0.2) is 0 Å². The summed E-state index contributed by atoms with van der Waals surface area (Å²) in [6.45, 7) is 6.81. The molecule has 3 heteroatoms.